The SMILES string of the molecule is CN1CC2CN(C(=O)c3cc4cccc(F)c4[nH]3)CC2C1. The molecule has 2 aliphatic heterocycles. The predicted octanol–water partition coefficient (Wildman–Crippen LogP) is 1.94. The topological polar surface area (TPSA) is 39.3 Å². The van der Waals surface area contributed by atoms with E-state index in [1.54, 1.807) is 12.1 Å². The summed E-state index contributed by atoms with van der Waals surface area (Å²) < 4.78 is 13.7. The molecule has 2 aliphatic rings. The Labute approximate surface area is 122 Å². The standard InChI is InChI=1S/C16H18FN3O/c1-19-6-11-8-20(9-12(11)7-19)16(21)14-5-10-3-2-4-13(17)15(10)18-14/h2-5,11-12,18H,6-9H2,1H3. The number of aromatic amines is 1. The summed E-state index contributed by atoms with van der Waals surface area (Å²) in [6, 6.07) is 6.64. The van der Waals surface area contributed by atoms with Crippen molar-refractivity contribution < 1.29 is 9.18 Å². The predicted molar refractivity (Wildman–Crippen MR) is 78.6 cm³/mol. The maximum Gasteiger partial charge on any atom is 0.270 e. The molecule has 0 radical (unpaired) electrons. The van der Waals surface area contributed by atoms with Crippen molar-refractivity contribution in [3.8, 4) is 0 Å². The van der Waals surface area contributed by atoms with Crippen LogP contribution in [-0.4, -0.2) is 53.9 Å². The van der Waals surface area contributed by atoms with Gasteiger partial charge in [-0.1, -0.05) is 12.1 Å². The highest BCUT2D eigenvalue weighted by molar-refractivity contribution is 5.98. The van der Waals surface area contributed by atoms with Crippen molar-refractivity contribution in [2.24, 2.45) is 11.8 Å². The molecule has 4 rings (SSSR count). The maximum absolute atomic E-state index is 13.7. The average Bonchev–Trinajstić information content (AvgIpc) is 3.10. The van der Waals surface area contributed by atoms with Crippen LogP contribution in [0.4, 0.5) is 4.39 Å². The molecular formula is C16H18FN3O. The van der Waals surface area contributed by atoms with E-state index in [0.717, 1.165) is 31.6 Å². The van der Waals surface area contributed by atoms with Crippen molar-refractivity contribution in [1.82, 2.24) is 14.8 Å². The lowest BCUT2D eigenvalue weighted by molar-refractivity contribution is 0.0771. The van der Waals surface area contributed by atoms with E-state index in [-0.39, 0.29) is 11.7 Å². The number of nitrogens with zero attached hydrogens (tertiary/aromatic N) is 2. The molecule has 1 aromatic carbocycles. The number of rotatable bonds is 1. The molecule has 2 unspecified atom stereocenters. The Hall–Kier alpha value is -1.88. The fourth-order valence-electron chi connectivity index (χ4n) is 3.80. The number of fused-ring (bicyclic) bond motifs is 2. The number of H-pyrrole nitrogens is 1. The van der Waals surface area contributed by atoms with Crippen molar-refractivity contribution in [3.05, 3.63) is 35.8 Å². The fraction of sp³-hybridized carbons (Fsp3) is 0.438. The Morgan fingerprint density at radius 1 is 1.24 bits per heavy atom. The number of hydrogen-bond acceptors (Lipinski definition) is 2. The highest BCUT2D eigenvalue weighted by atomic mass is 19.1. The number of aromatic nitrogens is 1. The number of amides is 1. The third kappa shape index (κ3) is 2.03. The van der Waals surface area contributed by atoms with Crippen molar-refractivity contribution in [2.75, 3.05) is 33.2 Å². The molecule has 2 fully saturated rings. The summed E-state index contributed by atoms with van der Waals surface area (Å²) in [5.41, 5.74) is 0.906. The molecule has 3 heterocycles. The number of carbonyl (C=O) groups excluding carboxylic acids is 1. The highest BCUT2D eigenvalue weighted by Crippen LogP contribution is 2.31. The second-order valence-electron chi connectivity index (χ2n) is 6.34. The minimum absolute atomic E-state index is 0.0114. The molecular weight excluding hydrogens is 269 g/mol. The highest BCUT2D eigenvalue weighted by Gasteiger charge is 2.40. The Balaban J connectivity index is 1.58. The number of likely N-dealkylation sites (tertiary alicyclic amines) is 2. The van der Waals surface area contributed by atoms with E-state index in [0.29, 0.717) is 23.0 Å². The minimum Gasteiger partial charge on any atom is -0.348 e. The molecule has 0 spiro atoms. The van der Waals surface area contributed by atoms with Crippen LogP contribution in [-0.2, 0) is 0 Å². The first-order valence-electron chi connectivity index (χ1n) is 7.37. The van der Waals surface area contributed by atoms with E-state index >= 15 is 0 Å². The van der Waals surface area contributed by atoms with Crippen LogP contribution >= 0.6 is 0 Å². The van der Waals surface area contributed by atoms with Crippen LogP contribution in [0, 0.1) is 17.7 Å². The molecule has 1 amide bonds. The van der Waals surface area contributed by atoms with Crippen LogP contribution in [0.2, 0.25) is 0 Å². The monoisotopic (exact) mass is 287 g/mol. The smallest absolute Gasteiger partial charge is 0.270 e. The second-order valence-corrected chi connectivity index (χ2v) is 6.34. The number of carbonyl (C=O) groups is 1. The molecule has 4 nitrogen and oxygen atoms in total. The lowest BCUT2D eigenvalue weighted by atomic mass is 10.0. The normalized spacial score (nSPS) is 25.7. The van der Waals surface area contributed by atoms with Gasteiger partial charge in [-0.25, -0.2) is 4.39 Å². The fourth-order valence-corrected chi connectivity index (χ4v) is 3.80. The van der Waals surface area contributed by atoms with E-state index in [1.807, 2.05) is 11.0 Å². The van der Waals surface area contributed by atoms with Gasteiger partial charge < -0.3 is 14.8 Å². The molecule has 1 aromatic heterocycles. The summed E-state index contributed by atoms with van der Waals surface area (Å²) in [6.07, 6.45) is 0. The lowest BCUT2D eigenvalue weighted by Gasteiger charge is -2.18. The average molecular weight is 287 g/mol. The van der Waals surface area contributed by atoms with Gasteiger partial charge in [-0.3, -0.25) is 4.79 Å². The number of halogens is 1. The molecule has 5 heteroatoms. The summed E-state index contributed by atoms with van der Waals surface area (Å²) in [6.45, 7) is 3.75. The number of hydrogen-bond donors (Lipinski definition) is 1. The second kappa shape index (κ2) is 4.56. The number of nitrogens with one attached hydrogen (secondary N) is 1. The van der Waals surface area contributed by atoms with Crippen molar-refractivity contribution >= 4 is 16.8 Å². The Morgan fingerprint density at radius 3 is 2.62 bits per heavy atom. The first-order valence-corrected chi connectivity index (χ1v) is 7.37. The molecule has 21 heavy (non-hydrogen) atoms. The largest absolute Gasteiger partial charge is 0.348 e. The molecule has 0 aliphatic carbocycles. The van der Waals surface area contributed by atoms with Crippen LogP contribution < -0.4 is 0 Å². The summed E-state index contributed by atoms with van der Waals surface area (Å²) >= 11 is 0. The van der Waals surface area contributed by atoms with Gasteiger partial charge >= 0.3 is 0 Å². The van der Waals surface area contributed by atoms with Gasteiger partial charge in [0.15, 0.2) is 0 Å². The number of benzene rings is 1. The first-order chi connectivity index (χ1) is 10.1. The molecule has 110 valence electrons. The Kier molecular flexibility index (Phi) is 2.79. The van der Waals surface area contributed by atoms with Gasteiger partial charge in [0.2, 0.25) is 0 Å². The quantitative estimate of drug-likeness (QED) is 0.870. The van der Waals surface area contributed by atoms with Crippen LogP contribution in [0.3, 0.4) is 0 Å². The van der Waals surface area contributed by atoms with E-state index < -0.39 is 0 Å². The van der Waals surface area contributed by atoms with Crippen molar-refractivity contribution in [2.45, 2.75) is 0 Å². The van der Waals surface area contributed by atoms with E-state index in [4.69, 9.17) is 0 Å². The molecule has 1 N–H and O–H groups in total. The van der Waals surface area contributed by atoms with Gasteiger partial charge in [0.1, 0.15) is 11.5 Å². The van der Waals surface area contributed by atoms with Gasteiger partial charge in [0.25, 0.3) is 5.91 Å². The number of para-hydroxylation sites is 1. The van der Waals surface area contributed by atoms with Gasteiger partial charge in [-0.2, -0.15) is 0 Å². The Morgan fingerprint density at radius 2 is 1.95 bits per heavy atom. The van der Waals surface area contributed by atoms with Crippen LogP contribution in [0.15, 0.2) is 24.3 Å². The zero-order valence-electron chi connectivity index (χ0n) is 12.0. The molecule has 0 bridgehead atoms. The molecule has 2 aromatic rings. The third-order valence-electron chi connectivity index (χ3n) is 4.79. The Bertz CT molecular complexity index is 697. The van der Waals surface area contributed by atoms with Gasteiger partial charge in [0, 0.05) is 31.6 Å². The zero-order valence-corrected chi connectivity index (χ0v) is 12.0. The van der Waals surface area contributed by atoms with Gasteiger partial charge in [0.05, 0.1) is 5.52 Å². The van der Waals surface area contributed by atoms with Gasteiger partial charge in [-0.05, 0) is 31.0 Å². The lowest BCUT2D eigenvalue weighted by Crippen LogP contribution is -2.32. The summed E-state index contributed by atoms with van der Waals surface area (Å²) in [7, 11) is 2.13. The molecule has 0 saturated carbocycles. The maximum atomic E-state index is 13.7. The van der Waals surface area contributed by atoms with Crippen molar-refractivity contribution in [1.29, 1.82) is 0 Å². The zero-order chi connectivity index (χ0) is 14.6. The van der Waals surface area contributed by atoms with Crippen molar-refractivity contribution in [3.63, 3.8) is 0 Å². The summed E-state index contributed by atoms with van der Waals surface area (Å²) in [5, 5.41) is 0.748. The van der Waals surface area contributed by atoms with Crippen LogP contribution in [0.25, 0.3) is 10.9 Å². The summed E-state index contributed by atoms with van der Waals surface area (Å²) in [5.74, 6) is 0.842. The van der Waals surface area contributed by atoms with E-state index in [1.165, 1.54) is 6.07 Å². The van der Waals surface area contributed by atoms with E-state index in [2.05, 4.69) is 16.9 Å². The molecule has 2 saturated heterocycles. The minimum atomic E-state index is -0.313. The third-order valence-corrected chi connectivity index (χ3v) is 4.79. The van der Waals surface area contributed by atoms with E-state index in [9.17, 15) is 9.18 Å². The summed E-state index contributed by atoms with van der Waals surface area (Å²) in [4.78, 5) is 19.8. The van der Waals surface area contributed by atoms with Crippen LogP contribution in [0.1, 0.15) is 10.5 Å². The molecule has 2 atom stereocenters. The van der Waals surface area contributed by atoms with Crippen LogP contribution in [0.5, 0.6) is 0 Å². The first kappa shape index (κ1) is 12.8. The van der Waals surface area contributed by atoms with Gasteiger partial charge in [-0.15, -0.1) is 0 Å².